The number of hydrogen-bond acceptors (Lipinski definition) is 3. The second-order valence-electron chi connectivity index (χ2n) is 4.95. The molecule has 1 unspecified atom stereocenters. The molecule has 2 aromatic rings. The highest BCUT2D eigenvalue weighted by molar-refractivity contribution is 5.26. The lowest BCUT2D eigenvalue weighted by Crippen LogP contribution is -2.30. The molecule has 0 amide bonds. The Hall–Kier alpha value is -1.87. The van der Waals surface area contributed by atoms with Gasteiger partial charge in [-0.2, -0.15) is 0 Å². The van der Waals surface area contributed by atoms with E-state index in [9.17, 15) is 5.11 Å². The Bertz CT molecular complexity index is 496. The molecule has 0 fully saturated rings. The third-order valence-electron chi connectivity index (χ3n) is 3.20. The normalized spacial score (nSPS) is 14.0. The van der Waals surface area contributed by atoms with Crippen LogP contribution in [0.15, 0.2) is 48.8 Å². The number of aromatic nitrogens is 1. The van der Waals surface area contributed by atoms with Crippen LogP contribution in [0.5, 0.6) is 5.75 Å². The number of phenolic OH excluding ortho intramolecular Hbond substituents is 1. The van der Waals surface area contributed by atoms with Gasteiger partial charge in [0, 0.05) is 24.5 Å². The smallest absolute Gasteiger partial charge is 0.115 e. The monoisotopic (exact) mass is 256 g/mol. The van der Waals surface area contributed by atoms with Gasteiger partial charge in [0.2, 0.25) is 0 Å². The van der Waals surface area contributed by atoms with Crippen molar-refractivity contribution in [2.75, 3.05) is 0 Å². The summed E-state index contributed by atoms with van der Waals surface area (Å²) in [5.74, 6) is 0.313. The lowest BCUT2D eigenvalue weighted by atomic mass is 10.0. The van der Waals surface area contributed by atoms with Gasteiger partial charge >= 0.3 is 0 Å². The van der Waals surface area contributed by atoms with E-state index in [0.717, 1.165) is 6.42 Å². The van der Waals surface area contributed by atoms with Crippen molar-refractivity contribution >= 4 is 0 Å². The van der Waals surface area contributed by atoms with Crippen LogP contribution in [-0.4, -0.2) is 16.1 Å². The van der Waals surface area contributed by atoms with Gasteiger partial charge in [-0.15, -0.1) is 0 Å². The lowest BCUT2D eigenvalue weighted by Gasteiger charge is -2.20. The summed E-state index contributed by atoms with van der Waals surface area (Å²) in [6, 6.07) is 12.1. The number of nitrogens with one attached hydrogen (secondary N) is 1. The van der Waals surface area contributed by atoms with E-state index in [1.54, 1.807) is 18.3 Å². The second-order valence-corrected chi connectivity index (χ2v) is 4.95. The summed E-state index contributed by atoms with van der Waals surface area (Å²) in [5, 5.41) is 12.8. The number of pyridine rings is 1. The zero-order valence-electron chi connectivity index (χ0n) is 11.4. The molecule has 2 atom stereocenters. The van der Waals surface area contributed by atoms with Crippen LogP contribution in [-0.2, 0) is 6.42 Å². The predicted octanol–water partition coefficient (Wildman–Crippen LogP) is 3.07. The van der Waals surface area contributed by atoms with E-state index in [2.05, 4.69) is 30.2 Å². The maximum Gasteiger partial charge on any atom is 0.115 e. The molecular formula is C16H20N2O. The van der Waals surface area contributed by atoms with Crippen LogP contribution in [0, 0.1) is 0 Å². The molecule has 0 saturated carbocycles. The first-order valence-electron chi connectivity index (χ1n) is 6.59. The van der Waals surface area contributed by atoms with Gasteiger partial charge in [0.05, 0.1) is 0 Å². The topological polar surface area (TPSA) is 45.1 Å². The summed E-state index contributed by atoms with van der Waals surface area (Å²) < 4.78 is 0. The first-order valence-corrected chi connectivity index (χ1v) is 6.59. The molecule has 0 aliphatic heterocycles. The highest BCUT2D eigenvalue weighted by Crippen LogP contribution is 2.14. The fourth-order valence-electron chi connectivity index (χ4n) is 2.20. The second kappa shape index (κ2) is 6.34. The van der Waals surface area contributed by atoms with Crippen molar-refractivity contribution in [2.24, 2.45) is 0 Å². The van der Waals surface area contributed by atoms with Gasteiger partial charge in [0.1, 0.15) is 5.75 Å². The zero-order chi connectivity index (χ0) is 13.7. The van der Waals surface area contributed by atoms with Gasteiger partial charge in [-0.25, -0.2) is 0 Å². The Morgan fingerprint density at radius 1 is 1.16 bits per heavy atom. The Balaban J connectivity index is 1.90. The third-order valence-corrected chi connectivity index (χ3v) is 3.20. The molecule has 3 heteroatoms. The molecule has 2 rings (SSSR count). The Labute approximate surface area is 114 Å². The van der Waals surface area contributed by atoms with Gasteiger partial charge in [-0.3, -0.25) is 4.98 Å². The molecule has 0 aliphatic rings. The SMILES string of the molecule is CC(Cc1ccc(O)cc1)N[C@@H](C)c1cccnc1. The largest absolute Gasteiger partial charge is 0.508 e. The van der Waals surface area contributed by atoms with E-state index in [1.807, 2.05) is 24.4 Å². The third kappa shape index (κ3) is 4.07. The average molecular weight is 256 g/mol. The minimum absolute atomic E-state index is 0.279. The Morgan fingerprint density at radius 2 is 1.89 bits per heavy atom. The van der Waals surface area contributed by atoms with Gasteiger partial charge < -0.3 is 10.4 Å². The standard InChI is InChI=1S/C16H20N2O/c1-12(10-14-5-7-16(19)8-6-14)18-13(2)15-4-3-9-17-11-15/h3-9,11-13,18-19H,10H2,1-2H3/t12?,13-/m0/s1. The van der Waals surface area contributed by atoms with Crippen LogP contribution in [0.4, 0.5) is 0 Å². The van der Waals surface area contributed by atoms with Crippen LogP contribution in [0.3, 0.4) is 0 Å². The molecule has 0 radical (unpaired) electrons. The fraction of sp³-hybridized carbons (Fsp3) is 0.312. The number of rotatable bonds is 5. The molecular weight excluding hydrogens is 236 g/mol. The molecule has 2 N–H and O–H groups in total. The first-order chi connectivity index (χ1) is 9.15. The van der Waals surface area contributed by atoms with Crippen molar-refractivity contribution in [3.05, 3.63) is 59.9 Å². The average Bonchev–Trinajstić information content (AvgIpc) is 2.42. The molecule has 1 aromatic carbocycles. The van der Waals surface area contributed by atoms with Crippen LogP contribution >= 0.6 is 0 Å². The molecule has 19 heavy (non-hydrogen) atoms. The van der Waals surface area contributed by atoms with E-state index in [0.29, 0.717) is 11.8 Å². The van der Waals surface area contributed by atoms with Crippen molar-refractivity contribution in [3.8, 4) is 5.75 Å². The Kier molecular flexibility index (Phi) is 4.53. The van der Waals surface area contributed by atoms with Crippen LogP contribution in [0.2, 0.25) is 0 Å². The van der Waals surface area contributed by atoms with Crippen molar-refractivity contribution in [1.29, 1.82) is 0 Å². The summed E-state index contributed by atoms with van der Waals surface area (Å²) in [4.78, 5) is 4.14. The van der Waals surface area contributed by atoms with E-state index in [-0.39, 0.29) is 6.04 Å². The number of aromatic hydroxyl groups is 1. The van der Waals surface area contributed by atoms with E-state index < -0.39 is 0 Å². The first kappa shape index (κ1) is 13.6. The molecule has 0 spiro atoms. The minimum Gasteiger partial charge on any atom is -0.508 e. The van der Waals surface area contributed by atoms with Gasteiger partial charge in [-0.1, -0.05) is 18.2 Å². The molecule has 1 aromatic heterocycles. The van der Waals surface area contributed by atoms with Crippen molar-refractivity contribution in [1.82, 2.24) is 10.3 Å². The van der Waals surface area contributed by atoms with Crippen molar-refractivity contribution in [2.45, 2.75) is 32.4 Å². The minimum atomic E-state index is 0.279. The molecule has 3 nitrogen and oxygen atoms in total. The summed E-state index contributed by atoms with van der Waals surface area (Å²) >= 11 is 0. The van der Waals surface area contributed by atoms with Crippen molar-refractivity contribution < 1.29 is 5.11 Å². The summed E-state index contributed by atoms with van der Waals surface area (Å²) in [6.45, 7) is 4.31. The summed E-state index contributed by atoms with van der Waals surface area (Å²) in [6.07, 6.45) is 4.62. The number of benzene rings is 1. The highest BCUT2D eigenvalue weighted by Gasteiger charge is 2.10. The maximum atomic E-state index is 9.26. The van der Waals surface area contributed by atoms with E-state index in [1.165, 1.54) is 11.1 Å². The van der Waals surface area contributed by atoms with Crippen molar-refractivity contribution in [3.63, 3.8) is 0 Å². The Morgan fingerprint density at radius 3 is 2.53 bits per heavy atom. The fourth-order valence-corrected chi connectivity index (χ4v) is 2.20. The summed E-state index contributed by atoms with van der Waals surface area (Å²) in [7, 11) is 0. The predicted molar refractivity (Wildman–Crippen MR) is 77.1 cm³/mol. The molecule has 0 saturated heterocycles. The highest BCUT2D eigenvalue weighted by atomic mass is 16.3. The van der Waals surface area contributed by atoms with E-state index in [4.69, 9.17) is 0 Å². The number of phenols is 1. The van der Waals surface area contributed by atoms with Crippen LogP contribution in [0.25, 0.3) is 0 Å². The van der Waals surface area contributed by atoms with Gasteiger partial charge in [-0.05, 0) is 49.6 Å². The van der Waals surface area contributed by atoms with Gasteiger partial charge in [0.25, 0.3) is 0 Å². The molecule has 100 valence electrons. The molecule has 1 heterocycles. The maximum absolute atomic E-state index is 9.26. The van der Waals surface area contributed by atoms with Gasteiger partial charge in [0.15, 0.2) is 0 Å². The quantitative estimate of drug-likeness (QED) is 0.864. The van der Waals surface area contributed by atoms with E-state index >= 15 is 0 Å². The summed E-state index contributed by atoms with van der Waals surface area (Å²) in [5.41, 5.74) is 2.41. The van der Waals surface area contributed by atoms with Crippen LogP contribution in [0.1, 0.15) is 31.0 Å². The lowest BCUT2D eigenvalue weighted by molar-refractivity contribution is 0.470. The zero-order valence-corrected chi connectivity index (χ0v) is 11.4. The van der Waals surface area contributed by atoms with Crippen LogP contribution < -0.4 is 5.32 Å². The molecule has 0 aliphatic carbocycles. The number of nitrogens with zero attached hydrogens (tertiary/aromatic N) is 1. The number of hydrogen-bond donors (Lipinski definition) is 2. The molecule has 0 bridgehead atoms.